The first-order valence-electron chi connectivity index (χ1n) is 6.84. The minimum atomic E-state index is 0.487. The SMILES string of the molecule is N#Cc1ccc(-c2ncc(OCc3ccccc3)cn2)cc1. The molecule has 0 unspecified atom stereocenters. The zero-order valence-corrected chi connectivity index (χ0v) is 11.8. The lowest BCUT2D eigenvalue weighted by molar-refractivity contribution is 0.303. The molecule has 0 N–H and O–H groups in total. The molecule has 0 aliphatic heterocycles. The highest BCUT2D eigenvalue weighted by atomic mass is 16.5. The highest BCUT2D eigenvalue weighted by molar-refractivity contribution is 5.56. The number of aromatic nitrogens is 2. The van der Waals surface area contributed by atoms with E-state index in [1.807, 2.05) is 42.5 Å². The lowest BCUT2D eigenvalue weighted by atomic mass is 10.1. The van der Waals surface area contributed by atoms with E-state index in [2.05, 4.69) is 16.0 Å². The first-order chi connectivity index (χ1) is 10.8. The predicted molar refractivity (Wildman–Crippen MR) is 83.0 cm³/mol. The fraction of sp³-hybridized carbons (Fsp3) is 0.0556. The van der Waals surface area contributed by atoms with Crippen molar-refractivity contribution in [2.45, 2.75) is 6.61 Å². The fourth-order valence-corrected chi connectivity index (χ4v) is 1.97. The molecule has 4 nitrogen and oxygen atoms in total. The lowest BCUT2D eigenvalue weighted by Gasteiger charge is -2.06. The molecule has 0 fully saturated rings. The molecular weight excluding hydrogens is 274 g/mol. The second-order valence-corrected chi connectivity index (χ2v) is 4.71. The van der Waals surface area contributed by atoms with Gasteiger partial charge in [-0.2, -0.15) is 5.26 Å². The van der Waals surface area contributed by atoms with Crippen LogP contribution in [0.5, 0.6) is 5.75 Å². The number of rotatable bonds is 4. The van der Waals surface area contributed by atoms with Gasteiger partial charge in [0, 0.05) is 5.56 Å². The highest BCUT2D eigenvalue weighted by Crippen LogP contribution is 2.17. The van der Waals surface area contributed by atoms with Crippen molar-refractivity contribution in [3.63, 3.8) is 0 Å². The van der Waals surface area contributed by atoms with Gasteiger partial charge in [-0.15, -0.1) is 0 Å². The highest BCUT2D eigenvalue weighted by Gasteiger charge is 2.02. The summed E-state index contributed by atoms with van der Waals surface area (Å²) in [6.45, 7) is 0.487. The summed E-state index contributed by atoms with van der Waals surface area (Å²) in [6.07, 6.45) is 3.31. The summed E-state index contributed by atoms with van der Waals surface area (Å²) in [5.74, 6) is 1.23. The van der Waals surface area contributed by atoms with Gasteiger partial charge in [-0.3, -0.25) is 0 Å². The van der Waals surface area contributed by atoms with E-state index in [0.717, 1.165) is 11.1 Å². The number of hydrogen-bond donors (Lipinski definition) is 0. The molecule has 3 rings (SSSR count). The number of nitrogens with zero attached hydrogens (tertiary/aromatic N) is 3. The Bertz CT molecular complexity index is 775. The first-order valence-corrected chi connectivity index (χ1v) is 6.84. The molecule has 3 aromatic rings. The lowest BCUT2D eigenvalue weighted by Crippen LogP contribution is -1.97. The summed E-state index contributed by atoms with van der Waals surface area (Å²) in [5, 5.41) is 8.79. The van der Waals surface area contributed by atoms with E-state index >= 15 is 0 Å². The molecule has 0 bridgehead atoms. The smallest absolute Gasteiger partial charge is 0.159 e. The molecule has 0 saturated heterocycles. The second-order valence-electron chi connectivity index (χ2n) is 4.71. The van der Waals surface area contributed by atoms with Crippen molar-refractivity contribution in [1.82, 2.24) is 9.97 Å². The zero-order valence-electron chi connectivity index (χ0n) is 11.8. The maximum Gasteiger partial charge on any atom is 0.159 e. The minimum absolute atomic E-state index is 0.487. The number of hydrogen-bond acceptors (Lipinski definition) is 4. The molecule has 0 aliphatic rings. The van der Waals surface area contributed by atoms with Crippen LogP contribution >= 0.6 is 0 Å². The molecule has 0 spiro atoms. The molecule has 0 amide bonds. The van der Waals surface area contributed by atoms with Crippen LogP contribution in [0.1, 0.15) is 11.1 Å². The predicted octanol–water partition coefficient (Wildman–Crippen LogP) is 3.59. The summed E-state index contributed by atoms with van der Waals surface area (Å²) in [5.41, 5.74) is 2.58. The summed E-state index contributed by atoms with van der Waals surface area (Å²) < 4.78 is 5.65. The van der Waals surface area contributed by atoms with Gasteiger partial charge in [0.1, 0.15) is 6.61 Å². The average molecular weight is 287 g/mol. The normalized spacial score (nSPS) is 9.95. The summed E-state index contributed by atoms with van der Waals surface area (Å²) >= 11 is 0. The molecule has 0 radical (unpaired) electrons. The van der Waals surface area contributed by atoms with E-state index in [0.29, 0.717) is 23.7 Å². The van der Waals surface area contributed by atoms with Crippen LogP contribution in [0.25, 0.3) is 11.4 Å². The maximum absolute atomic E-state index is 8.79. The van der Waals surface area contributed by atoms with Crippen LogP contribution in [0.4, 0.5) is 0 Å². The van der Waals surface area contributed by atoms with Gasteiger partial charge in [0.15, 0.2) is 11.6 Å². The van der Waals surface area contributed by atoms with Gasteiger partial charge in [-0.25, -0.2) is 9.97 Å². The average Bonchev–Trinajstić information content (AvgIpc) is 2.61. The van der Waals surface area contributed by atoms with Crippen molar-refractivity contribution in [1.29, 1.82) is 5.26 Å². The molecular formula is C18H13N3O. The van der Waals surface area contributed by atoms with Gasteiger partial charge in [-0.1, -0.05) is 30.3 Å². The van der Waals surface area contributed by atoms with Crippen LogP contribution in [-0.2, 0) is 6.61 Å². The van der Waals surface area contributed by atoms with Crippen LogP contribution in [-0.4, -0.2) is 9.97 Å². The maximum atomic E-state index is 8.79. The number of nitriles is 1. The first kappa shape index (κ1) is 13.8. The number of benzene rings is 2. The third-order valence-corrected chi connectivity index (χ3v) is 3.15. The van der Waals surface area contributed by atoms with Gasteiger partial charge < -0.3 is 4.74 Å². The monoisotopic (exact) mass is 287 g/mol. The van der Waals surface area contributed by atoms with Crippen molar-refractivity contribution in [2.75, 3.05) is 0 Å². The van der Waals surface area contributed by atoms with Crippen LogP contribution in [0.15, 0.2) is 67.0 Å². The summed E-state index contributed by atoms with van der Waals surface area (Å²) in [7, 11) is 0. The summed E-state index contributed by atoms with van der Waals surface area (Å²) in [6, 6.07) is 19.2. The molecule has 22 heavy (non-hydrogen) atoms. The molecule has 0 atom stereocenters. The Balaban J connectivity index is 1.68. The van der Waals surface area contributed by atoms with Gasteiger partial charge in [0.05, 0.1) is 24.0 Å². The van der Waals surface area contributed by atoms with Crippen molar-refractivity contribution in [2.24, 2.45) is 0 Å². The van der Waals surface area contributed by atoms with E-state index < -0.39 is 0 Å². The Morgan fingerprint density at radius 1 is 0.909 bits per heavy atom. The van der Waals surface area contributed by atoms with E-state index in [-0.39, 0.29) is 0 Å². The van der Waals surface area contributed by atoms with Crippen molar-refractivity contribution in [3.8, 4) is 23.2 Å². The largest absolute Gasteiger partial charge is 0.486 e. The fourth-order valence-electron chi connectivity index (χ4n) is 1.97. The standard InChI is InChI=1S/C18H13N3O/c19-10-14-6-8-16(9-7-14)18-20-11-17(12-21-18)22-13-15-4-2-1-3-5-15/h1-9,11-12H,13H2. The Morgan fingerprint density at radius 2 is 1.59 bits per heavy atom. The van der Waals surface area contributed by atoms with Crippen molar-refractivity contribution in [3.05, 3.63) is 78.1 Å². The van der Waals surface area contributed by atoms with Crippen molar-refractivity contribution < 1.29 is 4.74 Å². The third kappa shape index (κ3) is 3.28. The van der Waals surface area contributed by atoms with E-state index in [9.17, 15) is 0 Å². The quantitative estimate of drug-likeness (QED) is 0.735. The molecule has 4 heteroatoms. The van der Waals surface area contributed by atoms with Gasteiger partial charge in [0.25, 0.3) is 0 Å². The van der Waals surface area contributed by atoms with Crippen LogP contribution in [0.3, 0.4) is 0 Å². The second kappa shape index (κ2) is 6.51. The number of ether oxygens (including phenoxy) is 1. The molecule has 1 heterocycles. The molecule has 1 aromatic heterocycles. The molecule has 106 valence electrons. The van der Waals surface area contributed by atoms with Gasteiger partial charge >= 0.3 is 0 Å². The minimum Gasteiger partial charge on any atom is -0.486 e. The summed E-state index contributed by atoms with van der Waals surface area (Å²) in [4.78, 5) is 8.60. The van der Waals surface area contributed by atoms with Gasteiger partial charge in [-0.05, 0) is 29.8 Å². The Labute approximate surface area is 128 Å². The van der Waals surface area contributed by atoms with E-state index in [1.165, 1.54) is 0 Å². The van der Waals surface area contributed by atoms with Crippen LogP contribution in [0, 0.1) is 11.3 Å². The van der Waals surface area contributed by atoms with E-state index in [4.69, 9.17) is 10.00 Å². The Morgan fingerprint density at radius 3 is 2.23 bits per heavy atom. The Kier molecular flexibility index (Phi) is 4.08. The molecule has 2 aromatic carbocycles. The third-order valence-electron chi connectivity index (χ3n) is 3.15. The zero-order chi connectivity index (χ0) is 15.2. The topological polar surface area (TPSA) is 58.8 Å². The molecule has 0 aliphatic carbocycles. The van der Waals surface area contributed by atoms with Crippen LogP contribution in [0.2, 0.25) is 0 Å². The van der Waals surface area contributed by atoms with Crippen molar-refractivity contribution >= 4 is 0 Å². The Hall–Kier alpha value is -3.19. The molecule has 0 saturated carbocycles. The van der Waals surface area contributed by atoms with Crippen LogP contribution < -0.4 is 4.74 Å². The van der Waals surface area contributed by atoms with Gasteiger partial charge in [0.2, 0.25) is 0 Å². The van der Waals surface area contributed by atoms with E-state index in [1.54, 1.807) is 24.5 Å².